The summed E-state index contributed by atoms with van der Waals surface area (Å²) in [7, 11) is 0. The third-order valence-corrected chi connectivity index (χ3v) is 6.17. The van der Waals surface area contributed by atoms with E-state index in [0.29, 0.717) is 5.75 Å². The van der Waals surface area contributed by atoms with Gasteiger partial charge in [-0.2, -0.15) is 0 Å². The fraction of sp³-hybridized carbons (Fsp3) is 0.200. The van der Waals surface area contributed by atoms with E-state index in [4.69, 9.17) is 4.98 Å². The molecule has 4 aromatic rings. The van der Waals surface area contributed by atoms with Gasteiger partial charge in [0.15, 0.2) is 5.16 Å². The highest BCUT2D eigenvalue weighted by Crippen LogP contribution is 2.26. The van der Waals surface area contributed by atoms with Gasteiger partial charge in [0.1, 0.15) is 0 Å². The van der Waals surface area contributed by atoms with Crippen LogP contribution in [0.5, 0.6) is 0 Å². The first-order chi connectivity index (χ1) is 14.5. The van der Waals surface area contributed by atoms with E-state index >= 15 is 0 Å². The molecule has 1 heterocycles. The summed E-state index contributed by atoms with van der Waals surface area (Å²) in [4.78, 5) is 17.4. The first kappa shape index (κ1) is 20.2. The van der Waals surface area contributed by atoms with E-state index < -0.39 is 0 Å². The molecule has 0 saturated heterocycles. The van der Waals surface area contributed by atoms with E-state index in [-0.39, 0.29) is 5.91 Å². The normalized spacial score (nSPS) is 11.0. The van der Waals surface area contributed by atoms with Gasteiger partial charge in [0.25, 0.3) is 0 Å². The molecule has 0 unspecified atom stereocenters. The van der Waals surface area contributed by atoms with E-state index in [0.717, 1.165) is 34.0 Å². The number of nitrogens with zero attached hydrogens (tertiary/aromatic N) is 2. The van der Waals surface area contributed by atoms with Crippen LogP contribution in [0, 0.1) is 20.8 Å². The first-order valence-electron chi connectivity index (χ1n) is 10.0. The Morgan fingerprint density at radius 1 is 0.967 bits per heavy atom. The molecule has 0 bridgehead atoms. The molecule has 0 aliphatic carbocycles. The van der Waals surface area contributed by atoms with Crippen LogP contribution in [0.2, 0.25) is 0 Å². The van der Waals surface area contributed by atoms with Crippen LogP contribution in [0.15, 0.2) is 71.9 Å². The third-order valence-electron chi connectivity index (χ3n) is 5.20. The van der Waals surface area contributed by atoms with Crippen LogP contribution in [-0.4, -0.2) is 21.2 Å². The van der Waals surface area contributed by atoms with Gasteiger partial charge in [-0.1, -0.05) is 65.9 Å². The Kier molecular flexibility index (Phi) is 5.91. The second-order valence-corrected chi connectivity index (χ2v) is 8.49. The van der Waals surface area contributed by atoms with Crippen molar-refractivity contribution in [2.75, 3.05) is 11.1 Å². The highest BCUT2D eigenvalue weighted by atomic mass is 32.2. The van der Waals surface area contributed by atoms with Gasteiger partial charge in [-0.05, 0) is 55.7 Å². The summed E-state index contributed by atoms with van der Waals surface area (Å²) in [6.07, 6.45) is 0. The topological polar surface area (TPSA) is 46.9 Å². The monoisotopic (exact) mass is 415 g/mol. The molecule has 4 nitrogen and oxygen atoms in total. The van der Waals surface area contributed by atoms with Gasteiger partial charge in [0.2, 0.25) is 5.91 Å². The molecule has 0 radical (unpaired) electrons. The zero-order valence-corrected chi connectivity index (χ0v) is 18.3. The van der Waals surface area contributed by atoms with Crippen molar-refractivity contribution >= 4 is 34.4 Å². The van der Waals surface area contributed by atoms with E-state index in [1.807, 2.05) is 44.2 Å². The summed E-state index contributed by atoms with van der Waals surface area (Å²) in [5.74, 6) is 0.283. The maximum absolute atomic E-state index is 12.6. The van der Waals surface area contributed by atoms with Gasteiger partial charge >= 0.3 is 0 Å². The molecule has 0 aliphatic rings. The van der Waals surface area contributed by atoms with Gasteiger partial charge in [-0.3, -0.25) is 4.79 Å². The fourth-order valence-electron chi connectivity index (χ4n) is 3.54. The average molecular weight is 416 g/mol. The molecule has 3 aromatic carbocycles. The molecule has 30 heavy (non-hydrogen) atoms. The standard InChI is InChI=1S/C25H25N3OS/c1-17-12-13-21(19(3)14-17)26-24(29)16-30-25-27-22-10-6-7-11-23(22)28(25)15-20-9-5-4-8-18(20)2/h4-14H,15-16H2,1-3H3,(H,26,29). The maximum atomic E-state index is 12.6. The van der Waals surface area contributed by atoms with Crippen LogP contribution in [0.4, 0.5) is 5.69 Å². The molecule has 0 atom stereocenters. The number of anilines is 1. The van der Waals surface area contributed by atoms with Crippen LogP contribution in [0.3, 0.4) is 0 Å². The van der Waals surface area contributed by atoms with Crippen LogP contribution in [0.25, 0.3) is 11.0 Å². The number of para-hydroxylation sites is 2. The average Bonchev–Trinajstić information content (AvgIpc) is 3.08. The number of amides is 1. The van der Waals surface area contributed by atoms with Crippen LogP contribution < -0.4 is 5.32 Å². The number of aromatic nitrogens is 2. The second-order valence-electron chi connectivity index (χ2n) is 7.55. The molecule has 1 aromatic heterocycles. The number of rotatable bonds is 6. The number of thioether (sulfide) groups is 1. The zero-order chi connectivity index (χ0) is 21.1. The molecule has 1 amide bonds. The van der Waals surface area contributed by atoms with E-state index in [2.05, 4.69) is 53.2 Å². The quantitative estimate of drug-likeness (QED) is 0.409. The smallest absolute Gasteiger partial charge is 0.234 e. The highest BCUT2D eigenvalue weighted by Gasteiger charge is 2.14. The zero-order valence-electron chi connectivity index (χ0n) is 17.5. The molecule has 5 heteroatoms. The summed E-state index contributed by atoms with van der Waals surface area (Å²) < 4.78 is 2.20. The van der Waals surface area contributed by atoms with Crippen LogP contribution >= 0.6 is 11.8 Å². The number of fused-ring (bicyclic) bond motifs is 1. The lowest BCUT2D eigenvalue weighted by atomic mass is 10.1. The van der Waals surface area contributed by atoms with Crippen molar-refractivity contribution < 1.29 is 4.79 Å². The van der Waals surface area contributed by atoms with Crippen molar-refractivity contribution in [2.45, 2.75) is 32.5 Å². The molecule has 1 N–H and O–H groups in total. The SMILES string of the molecule is Cc1ccc(NC(=O)CSc2nc3ccccc3n2Cc2ccccc2C)c(C)c1. The Balaban J connectivity index is 1.55. The predicted molar refractivity (Wildman–Crippen MR) is 125 cm³/mol. The highest BCUT2D eigenvalue weighted by molar-refractivity contribution is 7.99. The second kappa shape index (κ2) is 8.76. The summed E-state index contributed by atoms with van der Waals surface area (Å²) in [6.45, 7) is 6.91. The van der Waals surface area contributed by atoms with Gasteiger partial charge in [0.05, 0.1) is 23.3 Å². The van der Waals surface area contributed by atoms with Crippen molar-refractivity contribution in [3.05, 3.63) is 89.0 Å². The summed E-state index contributed by atoms with van der Waals surface area (Å²) in [6, 6.07) is 22.5. The number of carbonyl (C=O) groups excluding carboxylic acids is 1. The van der Waals surface area contributed by atoms with Crippen molar-refractivity contribution in [3.63, 3.8) is 0 Å². The fourth-order valence-corrected chi connectivity index (χ4v) is 4.36. The number of imidazole rings is 1. The lowest BCUT2D eigenvalue weighted by molar-refractivity contribution is -0.113. The molecule has 0 fully saturated rings. The minimum Gasteiger partial charge on any atom is -0.325 e. The first-order valence-corrected chi connectivity index (χ1v) is 11.0. The Bertz CT molecular complexity index is 1210. The molecular formula is C25H25N3OS. The van der Waals surface area contributed by atoms with Crippen molar-refractivity contribution in [3.8, 4) is 0 Å². The molecule has 0 spiro atoms. The molecule has 4 rings (SSSR count). The summed E-state index contributed by atoms with van der Waals surface area (Å²) in [5, 5.41) is 3.88. The predicted octanol–water partition coefficient (Wildman–Crippen LogP) is 5.74. The molecule has 0 aliphatic heterocycles. The summed E-state index contributed by atoms with van der Waals surface area (Å²) >= 11 is 1.47. The molecule has 0 saturated carbocycles. The van der Waals surface area contributed by atoms with Crippen molar-refractivity contribution in [1.82, 2.24) is 9.55 Å². The van der Waals surface area contributed by atoms with E-state index in [9.17, 15) is 4.79 Å². The number of nitrogens with one attached hydrogen (secondary N) is 1. The van der Waals surface area contributed by atoms with Crippen LogP contribution in [-0.2, 0) is 11.3 Å². The Morgan fingerprint density at radius 2 is 1.73 bits per heavy atom. The third kappa shape index (κ3) is 4.41. The number of hydrogen-bond donors (Lipinski definition) is 1. The lowest BCUT2D eigenvalue weighted by Crippen LogP contribution is -2.15. The largest absolute Gasteiger partial charge is 0.325 e. The van der Waals surface area contributed by atoms with E-state index in [1.54, 1.807) is 0 Å². The lowest BCUT2D eigenvalue weighted by Gasteiger charge is -2.12. The van der Waals surface area contributed by atoms with Gasteiger partial charge in [-0.25, -0.2) is 4.98 Å². The molecule has 152 valence electrons. The number of hydrogen-bond acceptors (Lipinski definition) is 3. The van der Waals surface area contributed by atoms with Gasteiger partial charge < -0.3 is 9.88 Å². The summed E-state index contributed by atoms with van der Waals surface area (Å²) in [5.41, 5.74) is 7.65. The Labute approximate surface area is 181 Å². The minimum absolute atomic E-state index is 0.0264. The van der Waals surface area contributed by atoms with Gasteiger partial charge in [-0.15, -0.1) is 0 Å². The van der Waals surface area contributed by atoms with Crippen LogP contribution in [0.1, 0.15) is 22.3 Å². The van der Waals surface area contributed by atoms with E-state index in [1.165, 1.54) is 28.5 Å². The number of aryl methyl sites for hydroxylation is 3. The number of benzene rings is 3. The van der Waals surface area contributed by atoms with Crippen molar-refractivity contribution in [2.24, 2.45) is 0 Å². The van der Waals surface area contributed by atoms with Gasteiger partial charge in [0, 0.05) is 5.69 Å². The maximum Gasteiger partial charge on any atom is 0.234 e. The Hall–Kier alpha value is -3.05. The molecular weight excluding hydrogens is 390 g/mol. The number of carbonyl (C=O) groups is 1. The Morgan fingerprint density at radius 3 is 2.53 bits per heavy atom. The van der Waals surface area contributed by atoms with Crippen molar-refractivity contribution in [1.29, 1.82) is 0 Å². The minimum atomic E-state index is -0.0264.